The summed E-state index contributed by atoms with van der Waals surface area (Å²) < 4.78 is 32.0. The van der Waals surface area contributed by atoms with E-state index >= 15 is 0 Å². The fourth-order valence-electron chi connectivity index (χ4n) is 4.75. The van der Waals surface area contributed by atoms with E-state index in [0.29, 0.717) is 17.5 Å². The van der Waals surface area contributed by atoms with Crippen molar-refractivity contribution in [3.63, 3.8) is 0 Å². The summed E-state index contributed by atoms with van der Waals surface area (Å²) in [5, 5.41) is 0.661. The van der Waals surface area contributed by atoms with Crippen LogP contribution in [0.5, 0.6) is 0 Å². The Hall–Kier alpha value is -0.830. The van der Waals surface area contributed by atoms with E-state index < -0.39 is 27.6 Å². The van der Waals surface area contributed by atoms with Crippen LogP contribution < -0.4 is 4.72 Å². The van der Waals surface area contributed by atoms with Crippen LogP contribution in [0, 0.1) is 23.2 Å². The van der Waals surface area contributed by atoms with Crippen molar-refractivity contribution in [2.45, 2.75) is 84.4 Å². The van der Waals surface area contributed by atoms with Crippen molar-refractivity contribution < 1.29 is 23.6 Å². The molecule has 0 aliphatic heterocycles. The lowest BCUT2D eigenvalue weighted by molar-refractivity contribution is -0.155. The molecule has 1 fully saturated rings. The zero-order valence-electron chi connectivity index (χ0n) is 23.5. The first-order valence-corrected chi connectivity index (χ1v) is 14.3. The molecule has 0 heterocycles. The minimum absolute atomic E-state index is 0.0578. The lowest BCUT2D eigenvalue weighted by Crippen LogP contribution is -2.58. The Balaban J connectivity index is 2.42. The highest BCUT2D eigenvalue weighted by Crippen LogP contribution is 2.48. The Morgan fingerprint density at radius 1 is 1.17 bits per heavy atom. The summed E-state index contributed by atoms with van der Waals surface area (Å²) in [6.07, 6.45) is 3.52. The molecular formula is C28H46ClNO5S. The summed E-state index contributed by atoms with van der Waals surface area (Å²) in [5.74, 6) is -0.450. The standard InChI is InChI=1S/C28H46ClNO5S/c1-26(2,3)13-12-20-10-11-22(16-23(20)29)28(7,30-36(32)27(4,5)6)24(25(31)34-9)21-14-19(15-21)17-35-18-33-8/h10-11,16,19,21,24,30H,12-15,17-18H2,1-9H3/t19?,21?,24-,28-,36?/m1/s1. The maximum absolute atomic E-state index is 13.4. The molecule has 1 aliphatic carbocycles. The number of methoxy groups -OCH3 is 2. The number of carbonyl (C=O) groups is 1. The Bertz CT molecular complexity index is 862. The molecule has 0 saturated heterocycles. The van der Waals surface area contributed by atoms with E-state index in [1.165, 1.54) is 7.11 Å². The highest BCUT2D eigenvalue weighted by Gasteiger charge is 2.53. The van der Waals surface area contributed by atoms with E-state index in [1.807, 2.05) is 45.9 Å². The Labute approximate surface area is 226 Å². The molecule has 1 aromatic carbocycles. The third-order valence-corrected chi connectivity index (χ3v) is 9.11. The largest absolute Gasteiger partial charge is 0.598 e. The van der Waals surface area contributed by atoms with E-state index in [1.54, 1.807) is 7.11 Å². The zero-order valence-corrected chi connectivity index (χ0v) is 25.1. The van der Waals surface area contributed by atoms with E-state index in [-0.39, 0.29) is 24.1 Å². The maximum Gasteiger partial charge on any atom is 0.311 e. The van der Waals surface area contributed by atoms with Crippen LogP contribution in [0.15, 0.2) is 18.2 Å². The van der Waals surface area contributed by atoms with Crippen LogP contribution in [0.1, 0.15) is 78.9 Å². The zero-order chi connectivity index (χ0) is 27.3. The molecule has 206 valence electrons. The monoisotopic (exact) mass is 543 g/mol. The predicted molar refractivity (Wildman–Crippen MR) is 147 cm³/mol. The van der Waals surface area contributed by atoms with Crippen molar-refractivity contribution in [3.05, 3.63) is 34.3 Å². The molecule has 3 atom stereocenters. The Morgan fingerprint density at radius 2 is 1.81 bits per heavy atom. The number of carbonyl (C=O) groups excluding carboxylic acids is 1. The Kier molecular flexibility index (Phi) is 11.2. The molecule has 1 aromatic rings. The number of halogens is 1. The van der Waals surface area contributed by atoms with Gasteiger partial charge in [0.25, 0.3) is 0 Å². The van der Waals surface area contributed by atoms with Gasteiger partial charge in [0.05, 0.1) is 25.2 Å². The van der Waals surface area contributed by atoms with Gasteiger partial charge in [0.2, 0.25) is 0 Å². The minimum Gasteiger partial charge on any atom is -0.598 e. The van der Waals surface area contributed by atoms with Crippen LogP contribution in [0.2, 0.25) is 5.02 Å². The number of benzene rings is 1. The van der Waals surface area contributed by atoms with Gasteiger partial charge in [0.15, 0.2) is 0 Å². The number of ether oxygens (including phenoxy) is 3. The summed E-state index contributed by atoms with van der Waals surface area (Å²) in [5.41, 5.74) is 1.16. The molecular weight excluding hydrogens is 498 g/mol. The second kappa shape index (κ2) is 12.8. The normalized spacial score (nSPS) is 21.9. The summed E-state index contributed by atoms with van der Waals surface area (Å²) in [4.78, 5) is 13.3. The van der Waals surface area contributed by atoms with Crippen LogP contribution in [0.4, 0.5) is 0 Å². The average molecular weight is 544 g/mol. The van der Waals surface area contributed by atoms with Gasteiger partial charge in [-0.2, -0.15) is 0 Å². The number of rotatable bonds is 12. The molecule has 1 aliphatic rings. The first kappa shape index (κ1) is 31.4. The Morgan fingerprint density at radius 3 is 2.31 bits per heavy atom. The smallest absolute Gasteiger partial charge is 0.311 e. The summed E-state index contributed by atoms with van der Waals surface area (Å²) >= 11 is 5.36. The molecule has 1 N–H and O–H groups in total. The van der Waals surface area contributed by atoms with Gasteiger partial charge in [-0.3, -0.25) is 4.79 Å². The van der Waals surface area contributed by atoms with Gasteiger partial charge in [0.1, 0.15) is 11.5 Å². The lowest BCUT2D eigenvalue weighted by atomic mass is 9.62. The fraction of sp³-hybridized carbons (Fsp3) is 0.750. The van der Waals surface area contributed by atoms with E-state index in [9.17, 15) is 9.35 Å². The average Bonchev–Trinajstić information content (AvgIpc) is 2.74. The first-order valence-electron chi connectivity index (χ1n) is 12.8. The molecule has 0 amide bonds. The van der Waals surface area contributed by atoms with Crippen LogP contribution in [-0.4, -0.2) is 42.9 Å². The van der Waals surface area contributed by atoms with Crippen molar-refractivity contribution in [2.75, 3.05) is 27.6 Å². The fourth-order valence-corrected chi connectivity index (χ4v) is 5.96. The predicted octanol–water partition coefficient (Wildman–Crippen LogP) is 6.02. The number of hydrogen-bond acceptors (Lipinski definition) is 6. The van der Waals surface area contributed by atoms with Crippen molar-refractivity contribution in [1.29, 1.82) is 0 Å². The van der Waals surface area contributed by atoms with Crippen molar-refractivity contribution in [3.8, 4) is 0 Å². The molecule has 6 nitrogen and oxygen atoms in total. The third kappa shape index (κ3) is 8.34. The molecule has 0 radical (unpaired) electrons. The number of nitrogens with one attached hydrogen (secondary N) is 1. The molecule has 2 rings (SSSR count). The molecule has 0 spiro atoms. The molecule has 8 heteroatoms. The third-order valence-electron chi connectivity index (χ3n) is 7.03. The summed E-state index contributed by atoms with van der Waals surface area (Å²) in [6.45, 7) is 15.2. The molecule has 36 heavy (non-hydrogen) atoms. The number of hydrogen-bond donors (Lipinski definition) is 1. The number of esters is 1. The first-order chi connectivity index (χ1) is 16.6. The van der Waals surface area contributed by atoms with Crippen molar-refractivity contribution >= 4 is 28.9 Å². The molecule has 1 unspecified atom stereocenters. The van der Waals surface area contributed by atoms with E-state index in [4.69, 9.17) is 25.8 Å². The number of aryl methyl sites for hydroxylation is 1. The maximum atomic E-state index is 13.4. The summed E-state index contributed by atoms with van der Waals surface area (Å²) in [6, 6.07) is 5.99. The second-order valence-corrected chi connectivity index (χ2v) is 14.8. The summed E-state index contributed by atoms with van der Waals surface area (Å²) in [7, 11) is 3.01. The van der Waals surface area contributed by atoms with Crippen molar-refractivity contribution in [2.24, 2.45) is 23.2 Å². The van der Waals surface area contributed by atoms with Crippen LogP contribution in [-0.2, 0) is 42.3 Å². The molecule has 0 bridgehead atoms. The van der Waals surface area contributed by atoms with Gasteiger partial charge >= 0.3 is 5.97 Å². The highest BCUT2D eigenvalue weighted by molar-refractivity contribution is 7.90. The van der Waals surface area contributed by atoms with Gasteiger partial charge < -0.3 is 18.8 Å². The van der Waals surface area contributed by atoms with E-state index in [2.05, 4.69) is 25.5 Å². The van der Waals surface area contributed by atoms with Gasteiger partial charge in [-0.1, -0.05) is 44.5 Å². The second-order valence-electron chi connectivity index (χ2n) is 12.4. The molecule has 0 aromatic heterocycles. The minimum atomic E-state index is -1.42. The molecule has 1 saturated carbocycles. The topological polar surface area (TPSA) is 79.9 Å². The lowest BCUT2D eigenvalue weighted by Gasteiger charge is -2.47. The van der Waals surface area contributed by atoms with Crippen molar-refractivity contribution in [1.82, 2.24) is 4.72 Å². The van der Waals surface area contributed by atoms with Gasteiger partial charge in [0, 0.05) is 23.5 Å². The quantitative estimate of drug-likeness (QED) is 0.150. The van der Waals surface area contributed by atoms with Crippen LogP contribution >= 0.6 is 11.6 Å². The van der Waals surface area contributed by atoms with Gasteiger partial charge in [-0.15, -0.1) is 4.72 Å². The highest BCUT2D eigenvalue weighted by atomic mass is 35.5. The van der Waals surface area contributed by atoms with Gasteiger partial charge in [-0.05, 0) is 87.8 Å². The van der Waals surface area contributed by atoms with Crippen LogP contribution in [0.3, 0.4) is 0 Å². The SMILES string of the molecule is COCOCC1CC([C@H](C(=O)OC)[C@](C)(N[S+]([O-])C(C)(C)C)c2ccc(CCC(C)(C)C)c(Cl)c2)C1. The van der Waals surface area contributed by atoms with Crippen LogP contribution in [0.25, 0.3) is 0 Å². The van der Waals surface area contributed by atoms with E-state index in [0.717, 1.165) is 36.8 Å². The van der Waals surface area contributed by atoms with Gasteiger partial charge in [-0.25, -0.2) is 0 Å².